The highest BCUT2D eigenvalue weighted by Crippen LogP contribution is 2.23. The van der Waals surface area contributed by atoms with E-state index >= 15 is 0 Å². The van der Waals surface area contributed by atoms with Gasteiger partial charge in [0.1, 0.15) is 0 Å². The van der Waals surface area contributed by atoms with E-state index < -0.39 is 0 Å². The maximum Gasteiger partial charge on any atom is 0.317 e. The molecule has 1 aliphatic heterocycles. The van der Waals surface area contributed by atoms with Crippen LogP contribution in [0.25, 0.3) is 0 Å². The van der Waals surface area contributed by atoms with Crippen LogP contribution in [0.15, 0.2) is 30.3 Å². The molecule has 0 spiro atoms. The maximum atomic E-state index is 12.3. The molecule has 5 heteroatoms. The molecule has 3 rings (SSSR count). The second-order valence-electron chi connectivity index (χ2n) is 7.38. The molecular formula is C20H29N3O2. The molecule has 1 aliphatic carbocycles. The van der Waals surface area contributed by atoms with Gasteiger partial charge in [0.25, 0.3) is 0 Å². The van der Waals surface area contributed by atoms with E-state index in [2.05, 4.69) is 29.7 Å². The van der Waals surface area contributed by atoms with E-state index in [0.717, 1.165) is 32.1 Å². The second-order valence-corrected chi connectivity index (χ2v) is 7.38. The van der Waals surface area contributed by atoms with Crippen molar-refractivity contribution in [3.8, 4) is 0 Å². The van der Waals surface area contributed by atoms with Gasteiger partial charge in [-0.2, -0.15) is 0 Å². The first-order chi connectivity index (χ1) is 12.1. The molecule has 1 aromatic carbocycles. The van der Waals surface area contributed by atoms with Crippen LogP contribution in [0.5, 0.6) is 0 Å². The predicted molar refractivity (Wildman–Crippen MR) is 98.3 cm³/mol. The smallest absolute Gasteiger partial charge is 0.317 e. The third kappa shape index (κ3) is 5.21. The Morgan fingerprint density at radius 2 is 1.80 bits per heavy atom. The van der Waals surface area contributed by atoms with Crippen molar-refractivity contribution in [1.29, 1.82) is 0 Å². The molecule has 1 saturated carbocycles. The summed E-state index contributed by atoms with van der Waals surface area (Å²) in [6.07, 6.45) is 4.71. The van der Waals surface area contributed by atoms with Crippen molar-refractivity contribution in [2.45, 2.75) is 51.0 Å². The molecule has 3 amide bonds. The maximum absolute atomic E-state index is 12.3. The zero-order chi connectivity index (χ0) is 17.6. The quantitative estimate of drug-likeness (QED) is 0.834. The molecule has 0 unspecified atom stereocenters. The van der Waals surface area contributed by atoms with Crippen LogP contribution in [0.1, 0.15) is 50.5 Å². The van der Waals surface area contributed by atoms with Gasteiger partial charge in [-0.15, -0.1) is 0 Å². The number of urea groups is 1. The van der Waals surface area contributed by atoms with Crippen molar-refractivity contribution >= 4 is 11.9 Å². The fourth-order valence-electron chi connectivity index (χ4n) is 3.35. The number of benzene rings is 1. The van der Waals surface area contributed by atoms with Gasteiger partial charge >= 0.3 is 6.03 Å². The van der Waals surface area contributed by atoms with E-state index in [1.807, 2.05) is 23.1 Å². The summed E-state index contributed by atoms with van der Waals surface area (Å²) in [7, 11) is 0. The number of likely N-dealkylation sites (tertiary alicyclic amines) is 1. The monoisotopic (exact) mass is 343 g/mol. The summed E-state index contributed by atoms with van der Waals surface area (Å²) in [5, 5.41) is 6.10. The lowest BCUT2D eigenvalue weighted by molar-refractivity contribution is -0.126. The number of hydrogen-bond donors (Lipinski definition) is 2. The fraction of sp³-hybridized carbons (Fsp3) is 0.600. The van der Waals surface area contributed by atoms with E-state index in [0.29, 0.717) is 31.6 Å². The highest BCUT2D eigenvalue weighted by molar-refractivity contribution is 5.80. The Morgan fingerprint density at radius 1 is 1.12 bits per heavy atom. The summed E-state index contributed by atoms with van der Waals surface area (Å²) in [5.74, 6) is 0.681. The molecule has 25 heavy (non-hydrogen) atoms. The van der Waals surface area contributed by atoms with Crippen molar-refractivity contribution < 1.29 is 9.59 Å². The summed E-state index contributed by atoms with van der Waals surface area (Å²) in [5.41, 5.74) is 1.30. The van der Waals surface area contributed by atoms with E-state index in [1.54, 1.807) is 0 Å². The van der Waals surface area contributed by atoms with E-state index in [9.17, 15) is 9.59 Å². The third-order valence-electron chi connectivity index (χ3n) is 5.30. The van der Waals surface area contributed by atoms with Crippen LogP contribution in [0, 0.1) is 5.92 Å². The molecule has 2 fully saturated rings. The first kappa shape index (κ1) is 17.8. The van der Waals surface area contributed by atoms with Gasteiger partial charge in [0, 0.05) is 31.6 Å². The van der Waals surface area contributed by atoms with Crippen LogP contribution in [0.4, 0.5) is 4.79 Å². The Labute approximate surface area is 150 Å². The number of nitrogens with zero attached hydrogens (tertiary/aromatic N) is 1. The Hall–Kier alpha value is -2.04. The standard InChI is InChI=1S/C20H29N3O2/c1-15(16-5-3-2-4-6-16)9-12-21-20(25)23-13-10-17(11-14-23)19(24)22-18-7-8-18/h2-6,15,17-18H,7-14H2,1H3,(H,21,25)(H,22,24)/t15-/m1/s1. The lowest BCUT2D eigenvalue weighted by atomic mass is 9.96. The summed E-state index contributed by atoms with van der Waals surface area (Å²) in [6, 6.07) is 10.8. The van der Waals surface area contributed by atoms with Crippen molar-refractivity contribution in [3.05, 3.63) is 35.9 Å². The zero-order valence-electron chi connectivity index (χ0n) is 15.0. The number of hydrogen-bond acceptors (Lipinski definition) is 2. The first-order valence-electron chi connectivity index (χ1n) is 9.51. The van der Waals surface area contributed by atoms with E-state index in [1.165, 1.54) is 5.56 Å². The van der Waals surface area contributed by atoms with Gasteiger partial charge in [-0.25, -0.2) is 4.79 Å². The van der Waals surface area contributed by atoms with Crippen LogP contribution in [-0.4, -0.2) is 42.5 Å². The van der Waals surface area contributed by atoms with Gasteiger partial charge in [-0.3, -0.25) is 4.79 Å². The lowest BCUT2D eigenvalue weighted by Gasteiger charge is -2.31. The van der Waals surface area contributed by atoms with Gasteiger partial charge in [0.2, 0.25) is 5.91 Å². The molecule has 0 bridgehead atoms. The Balaban J connectivity index is 1.34. The molecule has 0 aromatic heterocycles. The average Bonchev–Trinajstić information content (AvgIpc) is 3.46. The van der Waals surface area contributed by atoms with Crippen LogP contribution < -0.4 is 10.6 Å². The first-order valence-corrected chi connectivity index (χ1v) is 9.51. The summed E-state index contributed by atoms with van der Waals surface area (Å²) in [4.78, 5) is 26.2. The highest BCUT2D eigenvalue weighted by atomic mass is 16.2. The topological polar surface area (TPSA) is 61.4 Å². The van der Waals surface area contributed by atoms with Gasteiger partial charge in [0.15, 0.2) is 0 Å². The van der Waals surface area contributed by atoms with Gasteiger partial charge in [0.05, 0.1) is 0 Å². The second kappa shape index (κ2) is 8.37. The molecule has 136 valence electrons. The molecule has 1 saturated heterocycles. The average molecular weight is 343 g/mol. The van der Waals surface area contributed by atoms with Crippen molar-refractivity contribution in [2.75, 3.05) is 19.6 Å². The minimum Gasteiger partial charge on any atom is -0.353 e. The SMILES string of the molecule is C[C@H](CCNC(=O)N1CCC(C(=O)NC2CC2)CC1)c1ccccc1. The number of rotatable bonds is 6. The number of piperidine rings is 1. The summed E-state index contributed by atoms with van der Waals surface area (Å²) < 4.78 is 0. The third-order valence-corrected chi connectivity index (χ3v) is 5.30. The van der Waals surface area contributed by atoms with E-state index in [-0.39, 0.29) is 17.9 Å². The van der Waals surface area contributed by atoms with Gasteiger partial charge < -0.3 is 15.5 Å². The largest absolute Gasteiger partial charge is 0.353 e. The number of nitrogens with one attached hydrogen (secondary N) is 2. The van der Waals surface area contributed by atoms with Crippen LogP contribution in [0.3, 0.4) is 0 Å². The normalized spacial score (nSPS) is 19.3. The predicted octanol–water partition coefficient (Wildman–Crippen LogP) is 2.88. The summed E-state index contributed by atoms with van der Waals surface area (Å²) >= 11 is 0. The molecule has 5 nitrogen and oxygen atoms in total. The van der Waals surface area contributed by atoms with Crippen LogP contribution in [0.2, 0.25) is 0 Å². The minimum atomic E-state index is 0.00122. The fourth-order valence-corrected chi connectivity index (χ4v) is 3.35. The van der Waals surface area contributed by atoms with E-state index in [4.69, 9.17) is 0 Å². The molecule has 1 atom stereocenters. The Morgan fingerprint density at radius 3 is 2.44 bits per heavy atom. The van der Waals surface area contributed by atoms with Crippen LogP contribution in [-0.2, 0) is 4.79 Å². The van der Waals surface area contributed by atoms with Crippen molar-refractivity contribution in [3.63, 3.8) is 0 Å². The summed E-state index contributed by atoms with van der Waals surface area (Å²) in [6.45, 7) is 4.20. The molecular weight excluding hydrogens is 314 g/mol. The molecule has 2 N–H and O–H groups in total. The Kier molecular flexibility index (Phi) is 5.95. The van der Waals surface area contributed by atoms with Crippen LogP contribution >= 0.6 is 0 Å². The molecule has 0 radical (unpaired) electrons. The lowest BCUT2D eigenvalue weighted by Crippen LogP contribution is -2.47. The van der Waals surface area contributed by atoms with Crippen molar-refractivity contribution in [1.82, 2.24) is 15.5 Å². The molecule has 2 aliphatic rings. The Bertz CT molecular complexity index is 578. The molecule has 1 aromatic rings. The van der Waals surface area contributed by atoms with Gasteiger partial charge in [-0.1, -0.05) is 37.3 Å². The number of amides is 3. The minimum absolute atomic E-state index is 0.00122. The number of carbonyl (C=O) groups excluding carboxylic acids is 2. The number of carbonyl (C=O) groups is 2. The zero-order valence-corrected chi connectivity index (χ0v) is 15.0. The van der Waals surface area contributed by atoms with Crippen molar-refractivity contribution in [2.24, 2.45) is 5.92 Å². The molecule has 1 heterocycles. The van der Waals surface area contributed by atoms with Gasteiger partial charge in [-0.05, 0) is 43.6 Å². The highest BCUT2D eigenvalue weighted by Gasteiger charge is 2.30.